The van der Waals surface area contributed by atoms with E-state index >= 15 is 4.39 Å². The number of para-hydroxylation sites is 1. The van der Waals surface area contributed by atoms with Crippen LogP contribution >= 0.6 is 0 Å². The van der Waals surface area contributed by atoms with Crippen molar-refractivity contribution in [1.82, 2.24) is 4.98 Å². The molecule has 0 aliphatic carbocycles. The predicted octanol–water partition coefficient (Wildman–Crippen LogP) is 5.55. The van der Waals surface area contributed by atoms with Gasteiger partial charge in [0.2, 0.25) is 5.91 Å². The molecular formula is C26H19F4N3O3. The fourth-order valence-corrected chi connectivity index (χ4v) is 4.63. The van der Waals surface area contributed by atoms with Crippen LogP contribution in [0.4, 0.5) is 23.2 Å². The lowest BCUT2D eigenvalue weighted by atomic mass is 9.94. The van der Waals surface area contributed by atoms with E-state index in [0.29, 0.717) is 18.7 Å². The number of nitrogens with one attached hydrogen (secondary N) is 1. The molecule has 3 N–H and O–H groups in total. The molecule has 6 nitrogen and oxygen atoms in total. The minimum atomic E-state index is -4.60. The molecule has 2 heterocycles. The van der Waals surface area contributed by atoms with E-state index in [1.165, 1.54) is 17.0 Å². The average molecular weight is 497 g/mol. The molecule has 184 valence electrons. The van der Waals surface area contributed by atoms with Gasteiger partial charge in [-0.05, 0) is 36.8 Å². The number of carbonyl (C=O) groups excluding carboxylic acids is 2. The van der Waals surface area contributed by atoms with E-state index in [9.17, 15) is 22.8 Å². The quantitative estimate of drug-likeness (QED) is 0.288. The number of aromatic amines is 1. The summed E-state index contributed by atoms with van der Waals surface area (Å²) in [6, 6.07) is 8.82. The minimum absolute atomic E-state index is 0.00533. The third kappa shape index (κ3) is 3.65. The van der Waals surface area contributed by atoms with Gasteiger partial charge in [-0.2, -0.15) is 13.2 Å². The van der Waals surface area contributed by atoms with E-state index in [4.69, 9.17) is 10.5 Å². The average Bonchev–Trinajstić information content (AvgIpc) is 3.06. The summed E-state index contributed by atoms with van der Waals surface area (Å²) in [6.45, 7) is 4.13. The predicted molar refractivity (Wildman–Crippen MR) is 127 cm³/mol. The number of carbonyl (C=O) groups is 2. The first-order valence-electron chi connectivity index (χ1n) is 11.0. The topological polar surface area (TPSA) is 88.4 Å². The molecule has 0 saturated heterocycles. The number of fused-ring (bicyclic) bond motifs is 4. The van der Waals surface area contributed by atoms with Gasteiger partial charge in [0.1, 0.15) is 5.82 Å². The Morgan fingerprint density at radius 2 is 1.94 bits per heavy atom. The zero-order valence-electron chi connectivity index (χ0n) is 18.7. The molecule has 0 radical (unpaired) electrons. The molecule has 4 aromatic rings. The highest BCUT2D eigenvalue weighted by atomic mass is 19.4. The van der Waals surface area contributed by atoms with Gasteiger partial charge in [0.25, 0.3) is 5.91 Å². The minimum Gasteiger partial charge on any atom is -0.491 e. The van der Waals surface area contributed by atoms with Gasteiger partial charge >= 0.3 is 6.18 Å². The van der Waals surface area contributed by atoms with Crippen molar-refractivity contribution in [3.63, 3.8) is 0 Å². The van der Waals surface area contributed by atoms with Crippen LogP contribution in [0.15, 0.2) is 55.1 Å². The first-order valence-corrected chi connectivity index (χ1v) is 11.0. The fraction of sp³-hybridized carbons (Fsp3) is 0.154. The Bertz CT molecular complexity index is 1570. The summed E-state index contributed by atoms with van der Waals surface area (Å²) in [5.41, 5.74) is 5.20. The smallest absolute Gasteiger partial charge is 0.416 e. The highest BCUT2D eigenvalue weighted by molar-refractivity contribution is 6.20. The number of amides is 2. The Hall–Kier alpha value is -4.34. The largest absolute Gasteiger partial charge is 0.491 e. The summed E-state index contributed by atoms with van der Waals surface area (Å²) < 4.78 is 61.7. The molecule has 0 atom stereocenters. The van der Waals surface area contributed by atoms with Gasteiger partial charge in [0.05, 0.1) is 28.9 Å². The standard InChI is InChI=1S/C26H19F4N3O3/c1-2-20(34)33-9-4-10-36-24-15(5-3-6-19(24)33)21-17(27)12-16(25(31)35)23-22(21)14-8-7-13(26(28,29)30)11-18(14)32-23/h2-3,5-8,11-12,32H,1,4,9-10H2,(H2,31,35). The first-order chi connectivity index (χ1) is 17.1. The van der Waals surface area contributed by atoms with Crippen LogP contribution in [0.3, 0.4) is 0 Å². The van der Waals surface area contributed by atoms with Crippen molar-refractivity contribution in [3.8, 4) is 16.9 Å². The zero-order valence-corrected chi connectivity index (χ0v) is 18.7. The summed E-state index contributed by atoms with van der Waals surface area (Å²) in [5, 5.41) is 0.440. The Morgan fingerprint density at radius 1 is 1.17 bits per heavy atom. The number of halogens is 4. The molecule has 36 heavy (non-hydrogen) atoms. The molecule has 0 spiro atoms. The summed E-state index contributed by atoms with van der Waals surface area (Å²) in [7, 11) is 0. The van der Waals surface area contributed by atoms with Crippen LogP contribution in [0.25, 0.3) is 32.9 Å². The van der Waals surface area contributed by atoms with Crippen molar-refractivity contribution in [2.24, 2.45) is 5.73 Å². The number of nitrogens with zero attached hydrogens (tertiary/aromatic N) is 1. The number of primary amides is 1. The van der Waals surface area contributed by atoms with Crippen LogP contribution < -0.4 is 15.4 Å². The maximum Gasteiger partial charge on any atom is 0.416 e. The fourth-order valence-electron chi connectivity index (χ4n) is 4.63. The van der Waals surface area contributed by atoms with Crippen LogP contribution in [0.1, 0.15) is 22.3 Å². The molecule has 0 bridgehead atoms. The third-order valence-corrected chi connectivity index (χ3v) is 6.19. The second-order valence-electron chi connectivity index (χ2n) is 8.33. The van der Waals surface area contributed by atoms with Crippen LogP contribution in [-0.2, 0) is 11.0 Å². The van der Waals surface area contributed by atoms with Gasteiger partial charge in [0.15, 0.2) is 5.75 Å². The Balaban J connectivity index is 1.87. The number of alkyl halides is 3. The van der Waals surface area contributed by atoms with Gasteiger partial charge < -0.3 is 20.4 Å². The van der Waals surface area contributed by atoms with Crippen LogP contribution in [-0.4, -0.2) is 29.9 Å². The second kappa shape index (κ2) is 8.40. The molecule has 3 aromatic carbocycles. The van der Waals surface area contributed by atoms with Crippen molar-refractivity contribution in [1.29, 1.82) is 0 Å². The van der Waals surface area contributed by atoms with E-state index in [-0.39, 0.29) is 56.8 Å². The summed E-state index contributed by atoms with van der Waals surface area (Å²) in [4.78, 5) is 28.9. The molecule has 1 aromatic heterocycles. The lowest BCUT2D eigenvalue weighted by Crippen LogP contribution is -2.29. The third-order valence-electron chi connectivity index (χ3n) is 6.19. The molecule has 1 aliphatic rings. The summed E-state index contributed by atoms with van der Waals surface area (Å²) in [5.74, 6) is -1.89. The SMILES string of the molecule is C=CC(=O)N1CCCOc2c(-c3c(F)cc(C(N)=O)c4[nH]c5cc(C(F)(F)F)ccc5c34)cccc21. The molecule has 0 unspecified atom stereocenters. The van der Waals surface area contributed by atoms with Crippen molar-refractivity contribution in [2.45, 2.75) is 12.6 Å². The monoisotopic (exact) mass is 497 g/mol. The number of H-pyrrole nitrogens is 1. The van der Waals surface area contributed by atoms with Gasteiger partial charge in [-0.3, -0.25) is 9.59 Å². The summed E-state index contributed by atoms with van der Waals surface area (Å²) in [6.07, 6.45) is -2.92. The first kappa shape index (κ1) is 23.4. The number of ether oxygens (including phenoxy) is 1. The molecule has 2 amide bonds. The maximum atomic E-state index is 15.7. The van der Waals surface area contributed by atoms with E-state index in [1.807, 2.05) is 0 Å². The Labute approximate surface area is 201 Å². The van der Waals surface area contributed by atoms with E-state index < -0.39 is 23.5 Å². The van der Waals surface area contributed by atoms with Crippen LogP contribution in [0, 0.1) is 5.82 Å². The summed E-state index contributed by atoms with van der Waals surface area (Å²) >= 11 is 0. The van der Waals surface area contributed by atoms with Crippen molar-refractivity contribution >= 4 is 39.3 Å². The lowest BCUT2D eigenvalue weighted by molar-refractivity contribution is -0.137. The van der Waals surface area contributed by atoms with Crippen LogP contribution in [0.2, 0.25) is 0 Å². The number of rotatable bonds is 3. The van der Waals surface area contributed by atoms with Gasteiger partial charge in [0, 0.05) is 34.0 Å². The molecule has 5 rings (SSSR count). The molecule has 0 saturated carbocycles. The Morgan fingerprint density at radius 3 is 2.64 bits per heavy atom. The van der Waals surface area contributed by atoms with E-state index in [0.717, 1.165) is 18.2 Å². The number of anilines is 1. The zero-order chi connectivity index (χ0) is 25.8. The lowest BCUT2D eigenvalue weighted by Gasteiger charge is -2.22. The number of aromatic nitrogens is 1. The van der Waals surface area contributed by atoms with E-state index in [2.05, 4.69) is 11.6 Å². The number of hydrogen-bond donors (Lipinski definition) is 2. The highest BCUT2D eigenvalue weighted by Crippen LogP contribution is 2.46. The van der Waals surface area contributed by atoms with Crippen molar-refractivity contribution < 1.29 is 31.9 Å². The second-order valence-corrected chi connectivity index (χ2v) is 8.33. The van der Waals surface area contributed by atoms with Gasteiger partial charge in [-0.1, -0.05) is 24.8 Å². The van der Waals surface area contributed by atoms with Gasteiger partial charge in [-0.15, -0.1) is 0 Å². The normalized spacial score (nSPS) is 13.8. The van der Waals surface area contributed by atoms with Crippen LogP contribution in [0.5, 0.6) is 5.75 Å². The molecular weight excluding hydrogens is 478 g/mol. The Kier molecular flexibility index (Phi) is 5.46. The van der Waals surface area contributed by atoms with E-state index in [1.54, 1.807) is 18.2 Å². The van der Waals surface area contributed by atoms with Crippen molar-refractivity contribution in [3.05, 3.63) is 72.1 Å². The highest BCUT2D eigenvalue weighted by Gasteiger charge is 2.32. The molecule has 10 heteroatoms. The maximum absolute atomic E-state index is 15.7. The number of nitrogens with two attached hydrogens (primary N) is 1. The number of benzene rings is 3. The molecule has 1 aliphatic heterocycles. The molecule has 0 fully saturated rings. The number of hydrogen-bond acceptors (Lipinski definition) is 3. The van der Waals surface area contributed by atoms with Gasteiger partial charge in [-0.25, -0.2) is 4.39 Å². The van der Waals surface area contributed by atoms with Crippen molar-refractivity contribution in [2.75, 3.05) is 18.1 Å².